The molecule has 0 aliphatic heterocycles. The second-order valence-corrected chi connectivity index (χ2v) is 6.13. The number of esters is 1. The lowest BCUT2D eigenvalue weighted by Gasteiger charge is -2.03. The van der Waals surface area contributed by atoms with Gasteiger partial charge in [-0.3, -0.25) is 4.79 Å². The van der Waals surface area contributed by atoms with E-state index in [1.54, 1.807) is 11.3 Å². The molecule has 0 N–H and O–H groups in total. The summed E-state index contributed by atoms with van der Waals surface area (Å²) in [5.41, 5.74) is 2.32. The third-order valence-electron chi connectivity index (χ3n) is 3.71. The molecule has 0 atom stereocenters. The van der Waals surface area contributed by atoms with Gasteiger partial charge in [-0.25, -0.2) is 0 Å². The molecule has 4 nitrogen and oxygen atoms in total. The van der Waals surface area contributed by atoms with Gasteiger partial charge in [0.05, 0.1) is 6.42 Å². The monoisotopic (exact) mass is 323 g/mol. The molecule has 0 fully saturated rings. The first-order valence-electron chi connectivity index (χ1n) is 7.25. The second kappa shape index (κ2) is 5.85. The maximum atomic E-state index is 12.1. The van der Waals surface area contributed by atoms with Crippen LogP contribution in [0.25, 0.3) is 21.1 Å². The number of para-hydroxylation sites is 1. The predicted molar refractivity (Wildman–Crippen MR) is 89.3 cm³/mol. The molecule has 0 radical (unpaired) electrons. The van der Waals surface area contributed by atoms with Crippen LogP contribution in [0.3, 0.4) is 0 Å². The molecule has 0 aliphatic carbocycles. The van der Waals surface area contributed by atoms with Gasteiger partial charge in [0.2, 0.25) is 0 Å². The predicted octanol–water partition coefficient (Wildman–Crippen LogP) is 4.33. The van der Waals surface area contributed by atoms with Crippen LogP contribution in [0.15, 0.2) is 58.4 Å². The van der Waals surface area contributed by atoms with Gasteiger partial charge in [-0.2, -0.15) is 0 Å². The number of carbonyl (C=O) groups is 1. The molecule has 114 valence electrons. The minimum Gasteiger partial charge on any atom is -0.460 e. The molecule has 0 aliphatic rings. The summed E-state index contributed by atoms with van der Waals surface area (Å²) in [5, 5.41) is 7.98. The largest absolute Gasteiger partial charge is 0.460 e. The molecule has 2 aromatic heterocycles. The van der Waals surface area contributed by atoms with Gasteiger partial charge in [0, 0.05) is 15.6 Å². The van der Waals surface area contributed by atoms with E-state index in [1.165, 1.54) is 4.70 Å². The zero-order valence-electron chi connectivity index (χ0n) is 12.2. The minimum absolute atomic E-state index is 0.110. The number of hydrogen-bond acceptors (Lipinski definition) is 5. The highest BCUT2D eigenvalue weighted by Gasteiger charge is 2.14. The van der Waals surface area contributed by atoms with E-state index >= 15 is 0 Å². The summed E-state index contributed by atoms with van der Waals surface area (Å²) in [7, 11) is 0. The zero-order chi connectivity index (χ0) is 15.6. The molecule has 0 spiro atoms. The molecule has 0 amide bonds. The summed E-state index contributed by atoms with van der Waals surface area (Å²) in [4.78, 5) is 12.1. The van der Waals surface area contributed by atoms with Gasteiger partial charge in [-0.05, 0) is 29.0 Å². The number of benzene rings is 2. The van der Waals surface area contributed by atoms with Crippen LogP contribution in [0.2, 0.25) is 0 Å². The van der Waals surface area contributed by atoms with Crippen molar-refractivity contribution in [3.63, 3.8) is 0 Å². The smallest absolute Gasteiger partial charge is 0.312 e. The van der Waals surface area contributed by atoms with Crippen LogP contribution in [-0.2, 0) is 22.6 Å². The van der Waals surface area contributed by atoms with Crippen LogP contribution in [0.5, 0.6) is 0 Å². The molecule has 0 unspecified atom stereocenters. The Labute approximate surface area is 136 Å². The highest BCUT2D eigenvalue weighted by Crippen LogP contribution is 2.26. The molecule has 0 bridgehead atoms. The summed E-state index contributed by atoms with van der Waals surface area (Å²) >= 11 is 1.65. The van der Waals surface area contributed by atoms with E-state index in [0.29, 0.717) is 11.3 Å². The summed E-state index contributed by atoms with van der Waals surface area (Å²) in [6.07, 6.45) is 0.110. The molecule has 5 heteroatoms. The Morgan fingerprint density at radius 3 is 2.78 bits per heavy atom. The second-order valence-electron chi connectivity index (χ2n) is 5.22. The number of thiophene rings is 1. The first-order chi connectivity index (χ1) is 11.3. The van der Waals surface area contributed by atoms with Crippen LogP contribution >= 0.6 is 11.3 Å². The average molecular weight is 323 g/mol. The van der Waals surface area contributed by atoms with Crippen molar-refractivity contribution in [3.05, 3.63) is 65.2 Å². The normalized spacial score (nSPS) is 11.1. The van der Waals surface area contributed by atoms with Crippen LogP contribution < -0.4 is 0 Å². The fourth-order valence-electron chi connectivity index (χ4n) is 2.56. The topological polar surface area (TPSA) is 52.3 Å². The van der Waals surface area contributed by atoms with Crippen molar-refractivity contribution < 1.29 is 14.1 Å². The molecule has 2 heterocycles. The number of nitrogens with zero attached hydrogens (tertiary/aromatic N) is 1. The quantitative estimate of drug-likeness (QED) is 0.525. The van der Waals surface area contributed by atoms with Crippen molar-refractivity contribution in [1.29, 1.82) is 0 Å². The molecular weight excluding hydrogens is 310 g/mol. The van der Waals surface area contributed by atoms with Crippen LogP contribution in [-0.4, -0.2) is 11.1 Å². The van der Waals surface area contributed by atoms with Gasteiger partial charge >= 0.3 is 5.97 Å². The Bertz CT molecular complexity index is 986. The van der Waals surface area contributed by atoms with Gasteiger partial charge in [0.1, 0.15) is 12.3 Å². The SMILES string of the molecule is O=C(Cc1noc2ccccc12)OCc1csc2ccccc12. The van der Waals surface area contributed by atoms with E-state index in [0.717, 1.165) is 16.3 Å². The van der Waals surface area contributed by atoms with Crippen molar-refractivity contribution in [1.82, 2.24) is 5.16 Å². The average Bonchev–Trinajstić information content (AvgIpc) is 3.18. The van der Waals surface area contributed by atoms with E-state index in [4.69, 9.17) is 9.26 Å². The number of rotatable bonds is 4. The number of carbonyl (C=O) groups excluding carboxylic acids is 1. The third-order valence-corrected chi connectivity index (χ3v) is 4.73. The van der Waals surface area contributed by atoms with E-state index in [-0.39, 0.29) is 19.0 Å². The number of fused-ring (bicyclic) bond motifs is 2. The van der Waals surface area contributed by atoms with E-state index in [2.05, 4.69) is 11.2 Å². The maximum absolute atomic E-state index is 12.1. The Balaban J connectivity index is 1.46. The first-order valence-corrected chi connectivity index (χ1v) is 8.13. The van der Waals surface area contributed by atoms with Gasteiger partial charge in [-0.15, -0.1) is 11.3 Å². The standard InChI is InChI=1S/C18H13NO3S/c20-18(9-15-14-6-1-3-7-16(14)22-19-15)21-10-12-11-23-17-8-4-2-5-13(12)17/h1-8,11H,9-10H2. The number of hydrogen-bond donors (Lipinski definition) is 0. The van der Waals surface area contributed by atoms with E-state index in [9.17, 15) is 4.79 Å². The third kappa shape index (κ3) is 2.71. The number of aromatic nitrogens is 1. The van der Waals surface area contributed by atoms with E-state index < -0.39 is 0 Å². The lowest BCUT2D eigenvalue weighted by molar-refractivity contribution is -0.144. The lowest BCUT2D eigenvalue weighted by Crippen LogP contribution is -2.08. The van der Waals surface area contributed by atoms with Gasteiger partial charge < -0.3 is 9.26 Å². The minimum atomic E-state index is -0.306. The lowest BCUT2D eigenvalue weighted by atomic mass is 10.2. The highest BCUT2D eigenvalue weighted by molar-refractivity contribution is 7.17. The summed E-state index contributed by atoms with van der Waals surface area (Å²) in [5.74, 6) is -0.306. The molecule has 0 saturated carbocycles. The summed E-state index contributed by atoms with van der Waals surface area (Å²) < 4.78 is 11.8. The van der Waals surface area contributed by atoms with Gasteiger partial charge in [0.15, 0.2) is 5.58 Å². The fraction of sp³-hybridized carbons (Fsp3) is 0.111. The summed E-state index contributed by atoms with van der Waals surface area (Å²) in [6, 6.07) is 15.6. The molecule has 0 saturated heterocycles. The van der Waals surface area contributed by atoms with Crippen molar-refractivity contribution >= 4 is 38.4 Å². The van der Waals surface area contributed by atoms with E-state index in [1.807, 2.05) is 47.8 Å². The van der Waals surface area contributed by atoms with Crippen LogP contribution in [0.4, 0.5) is 0 Å². The van der Waals surface area contributed by atoms with Crippen LogP contribution in [0.1, 0.15) is 11.3 Å². The molecule has 2 aromatic carbocycles. The maximum Gasteiger partial charge on any atom is 0.312 e. The van der Waals surface area contributed by atoms with Gasteiger partial charge in [0.25, 0.3) is 0 Å². The molecule has 4 rings (SSSR count). The molecule has 23 heavy (non-hydrogen) atoms. The molecular formula is C18H13NO3S. The Morgan fingerprint density at radius 2 is 1.87 bits per heavy atom. The fourth-order valence-corrected chi connectivity index (χ4v) is 3.50. The number of ether oxygens (including phenoxy) is 1. The summed E-state index contributed by atoms with van der Waals surface area (Å²) in [6.45, 7) is 0.276. The van der Waals surface area contributed by atoms with Crippen molar-refractivity contribution in [2.75, 3.05) is 0 Å². The van der Waals surface area contributed by atoms with Crippen molar-refractivity contribution in [2.24, 2.45) is 0 Å². The highest BCUT2D eigenvalue weighted by atomic mass is 32.1. The first kappa shape index (κ1) is 14.0. The zero-order valence-corrected chi connectivity index (χ0v) is 13.0. The Hall–Kier alpha value is -2.66. The van der Waals surface area contributed by atoms with Gasteiger partial charge in [-0.1, -0.05) is 35.5 Å². The van der Waals surface area contributed by atoms with Crippen molar-refractivity contribution in [3.8, 4) is 0 Å². The Morgan fingerprint density at radius 1 is 1.09 bits per heavy atom. The Kier molecular flexibility index (Phi) is 3.55. The van der Waals surface area contributed by atoms with Crippen molar-refractivity contribution in [2.45, 2.75) is 13.0 Å². The van der Waals surface area contributed by atoms with Crippen LogP contribution in [0, 0.1) is 0 Å². The molecule has 4 aromatic rings.